The van der Waals surface area contributed by atoms with Gasteiger partial charge in [0.2, 0.25) is 0 Å². The van der Waals surface area contributed by atoms with E-state index in [0.717, 1.165) is 41.3 Å². The third kappa shape index (κ3) is 5.92. The van der Waals surface area contributed by atoms with Gasteiger partial charge in [-0.2, -0.15) is 0 Å². The first-order chi connectivity index (χ1) is 15.5. The molecule has 0 fully saturated rings. The van der Waals surface area contributed by atoms with Crippen molar-refractivity contribution in [3.8, 4) is 17.2 Å². The Morgan fingerprint density at radius 1 is 0.656 bits per heavy atom. The zero-order valence-electron chi connectivity index (χ0n) is 19.7. The first-order valence-electron chi connectivity index (χ1n) is 11.0. The lowest BCUT2D eigenvalue weighted by Crippen LogP contribution is -2.19. The van der Waals surface area contributed by atoms with Gasteiger partial charge in [0, 0.05) is 6.54 Å². The molecule has 0 heterocycles. The van der Waals surface area contributed by atoms with Gasteiger partial charge in [-0.3, -0.25) is 0 Å². The molecular weight excluding hydrogens is 398 g/mol. The molecule has 3 rings (SSSR count). The summed E-state index contributed by atoms with van der Waals surface area (Å²) in [5.41, 5.74) is 5.98. The highest BCUT2D eigenvalue weighted by atomic mass is 16.5. The minimum atomic E-state index is 0.666. The molecule has 0 aliphatic carbocycles. The van der Waals surface area contributed by atoms with E-state index >= 15 is 0 Å². The Morgan fingerprint density at radius 3 is 1.50 bits per heavy atom. The molecule has 0 aliphatic heterocycles. The molecule has 0 spiro atoms. The van der Waals surface area contributed by atoms with Gasteiger partial charge in [-0.1, -0.05) is 43.3 Å². The summed E-state index contributed by atoms with van der Waals surface area (Å²) in [6.07, 6.45) is 0.898. The van der Waals surface area contributed by atoms with Crippen LogP contribution in [0.15, 0.2) is 72.8 Å². The van der Waals surface area contributed by atoms with Crippen LogP contribution in [0.3, 0.4) is 0 Å². The maximum atomic E-state index is 5.90. The van der Waals surface area contributed by atoms with Crippen molar-refractivity contribution in [3.63, 3.8) is 0 Å². The molecule has 0 saturated carbocycles. The van der Waals surface area contributed by atoms with Gasteiger partial charge in [0.25, 0.3) is 0 Å². The van der Waals surface area contributed by atoms with Crippen LogP contribution in [0.25, 0.3) is 11.1 Å². The number of hydrogen-bond acceptors (Lipinski definition) is 4. The van der Waals surface area contributed by atoms with E-state index < -0.39 is 0 Å². The molecule has 0 aliphatic rings. The van der Waals surface area contributed by atoms with Crippen LogP contribution in [0, 0.1) is 0 Å². The second-order valence-electron chi connectivity index (χ2n) is 7.84. The fourth-order valence-electron chi connectivity index (χ4n) is 3.65. The summed E-state index contributed by atoms with van der Waals surface area (Å²) in [5, 5.41) is 0. The summed E-state index contributed by atoms with van der Waals surface area (Å²) in [5.74, 6) is 2.59. The zero-order valence-corrected chi connectivity index (χ0v) is 19.7. The molecular formula is C28H33NO3. The van der Waals surface area contributed by atoms with Crippen molar-refractivity contribution in [2.45, 2.75) is 13.3 Å². The molecule has 3 aromatic carbocycles. The molecule has 3 aromatic rings. The van der Waals surface area contributed by atoms with E-state index in [0.29, 0.717) is 6.61 Å². The highest BCUT2D eigenvalue weighted by Crippen LogP contribution is 2.36. The smallest absolute Gasteiger partial charge is 0.119 e. The number of hydrogen-bond donors (Lipinski definition) is 0. The Bertz CT molecular complexity index is 1000. The summed E-state index contributed by atoms with van der Waals surface area (Å²) >= 11 is 0. The number of rotatable bonds is 10. The van der Waals surface area contributed by atoms with Crippen LogP contribution in [-0.2, 0) is 0 Å². The second-order valence-corrected chi connectivity index (χ2v) is 7.84. The van der Waals surface area contributed by atoms with Crippen LogP contribution in [-0.4, -0.2) is 46.4 Å². The van der Waals surface area contributed by atoms with Gasteiger partial charge in [-0.25, -0.2) is 0 Å². The maximum absolute atomic E-state index is 5.90. The van der Waals surface area contributed by atoms with Crippen molar-refractivity contribution in [1.82, 2.24) is 4.90 Å². The number of allylic oxidation sites excluding steroid dienone is 1. The van der Waals surface area contributed by atoms with Crippen LogP contribution < -0.4 is 14.2 Å². The summed E-state index contributed by atoms with van der Waals surface area (Å²) in [7, 11) is 7.47. The first-order valence-corrected chi connectivity index (χ1v) is 11.0. The maximum Gasteiger partial charge on any atom is 0.119 e. The average molecular weight is 432 g/mol. The van der Waals surface area contributed by atoms with Crippen LogP contribution >= 0.6 is 0 Å². The van der Waals surface area contributed by atoms with Gasteiger partial charge < -0.3 is 19.1 Å². The van der Waals surface area contributed by atoms with E-state index in [1.807, 2.05) is 38.4 Å². The Hall–Kier alpha value is -3.24. The van der Waals surface area contributed by atoms with Gasteiger partial charge in [0.1, 0.15) is 23.9 Å². The highest BCUT2D eigenvalue weighted by Gasteiger charge is 2.14. The standard InChI is InChI=1S/C28H33NO3/c1-6-27(21-7-13-24(30-4)14-8-21)28(22-9-15-25(31-5)16-10-22)23-11-17-26(18-12-23)32-20-19-29(2)3/h7-18H,6,19-20H2,1-5H3/b28-27-. The third-order valence-corrected chi connectivity index (χ3v) is 5.42. The molecule has 0 radical (unpaired) electrons. The van der Waals surface area contributed by atoms with Crippen molar-refractivity contribution in [2.75, 3.05) is 41.5 Å². The van der Waals surface area contributed by atoms with E-state index in [-0.39, 0.29) is 0 Å². The Labute approximate surface area is 192 Å². The molecule has 4 heteroatoms. The molecule has 0 bridgehead atoms. The second kappa shape index (κ2) is 11.4. The van der Waals surface area contributed by atoms with Gasteiger partial charge in [0.15, 0.2) is 0 Å². The largest absolute Gasteiger partial charge is 0.497 e. The van der Waals surface area contributed by atoms with E-state index in [9.17, 15) is 0 Å². The molecule has 4 nitrogen and oxygen atoms in total. The zero-order chi connectivity index (χ0) is 22.9. The van der Waals surface area contributed by atoms with Crippen LogP contribution in [0.1, 0.15) is 30.0 Å². The predicted octanol–water partition coefficient (Wildman–Crippen LogP) is 6.01. The van der Waals surface area contributed by atoms with Crippen LogP contribution in [0.5, 0.6) is 17.2 Å². The minimum Gasteiger partial charge on any atom is -0.497 e. The number of ether oxygens (including phenoxy) is 3. The SMILES string of the molecule is CC/C(=C(\c1ccc(OC)cc1)c1ccc(OCCN(C)C)cc1)c1ccc(OC)cc1. The summed E-state index contributed by atoms with van der Waals surface area (Å²) in [6.45, 7) is 3.75. The van der Waals surface area contributed by atoms with Crippen molar-refractivity contribution in [2.24, 2.45) is 0 Å². The van der Waals surface area contributed by atoms with E-state index in [1.54, 1.807) is 14.2 Å². The number of methoxy groups -OCH3 is 2. The Morgan fingerprint density at radius 2 is 1.09 bits per heavy atom. The lowest BCUT2D eigenvalue weighted by atomic mass is 9.88. The number of benzene rings is 3. The molecule has 32 heavy (non-hydrogen) atoms. The molecule has 0 amide bonds. The van der Waals surface area contributed by atoms with Gasteiger partial charge in [-0.15, -0.1) is 0 Å². The molecule has 0 N–H and O–H groups in total. The van der Waals surface area contributed by atoms with Crippen molar-refractivity contribution in [3.05, 3.63) is 89.5 Å². The fraction of sp³-hybridized carbons (Fsp3) is 0.286. The molecule has 0 aromatic heterocycles. The number of nitrogens with zero attached hydrogens (tertiary/aromatic N) is 1. The lowest BCUT2D eigenvalue weighted by Gasteiger charge is -2.17. The van der Waals surface area contributed by atoms with Gasteiger partial charge in [0.05, 0.1) is 14.2 Å². The van der Waals surface area contributed by atoms with E-state index in [4.69, 9.17) is 14.2 Å². The fourth-order valence-corrected chi connectivity index (χ4v) is 3.65. The quantitative estimate of drug-likeness (QED) is 0.368. The van der Waals surface area contributed by atoms with E-state index in [2.05, 4.69) is 60.4 Å². The van der Waals surface area contributed by atoms with Crippen molar-refractivity contribution < 1.29 is 14.2 Å². The summed E-state index contributed by atoms with van der Waals surface area (Å²) in [6, 6.07) is 24.9. The Kier molecular flexibility index (Phi) is 8.34. The molecule has 0 atom stereocenters. The van der Waals surface area contributed by atoms with Crippen molar-refractivity contribution in [1.29, 1.82) is 0 Å². The van der Waals surface area contributed by atoms with Crippen LogP contribution in [0.4, 0.5) is 0 Å². The normalized spacial score (nSPS) is 11.8. The highest BCUT2D eigenvalue weighted by molar-refractivity contribution is 5.98. The predicted molar refractivity (Wildman–Crippen MR) is 133 cm³/mol. The Balaban J connectivity index is 2.04. The lowest BCUT2D eigenvalue weighted by molar-refractivity contribution is 0.261. The van der Waals surface area contributed by atoms with E-state index in [1.165, 1.54) is 16.7 Å². The first kappa shape index (κ1) is 23.4. The van der Waals surface area contributed by atoms with Crippen LogP contribution in [0.2, 0.25) is 0 Å². The summed E-state index contributed by atoms with van der Waals surface area (Å²) in [4.78, 5) is 2.11. The minimum absolute atomic E-state index is 0.666. The topological polar surface area (TPSA) is 30.9 Å². The number of likely N-dealkylation sites (N-methyl/N-ethyl adjacent to an activating group) is 1. The molecule has 168 valence electrons. The molecule has 0 saturated heterocycles. The van der Waals surface area contributed by atoms with Gasteiger partial charge in [-0.05, 0) is 84.8 Å². The van der Waals surface area contributed by atoms with Gasteiger partial charge >= 0.3 is 0 Å². The monoisotopic (exact) mass is 431 g/mol. The average Bonchev–Trinajstić information content (AvgIpc) is 2.83. The van der Waals surface area contributed by atoms with Crippen molar-refractivity contribution >= 4 is 11.1 Å². The molecule has 0 unspecified atom stereocenters. The summed E-state index contributed by atoms with van der Waals surface area (Å²) < 4.78 is 16.6. The third-order valence-electron chi connectivity index (χ3n) is 5.42.